The highest BCUT2D eigenvalue weighted by molar-refractivity contribution is 5.37. The lowest BCUT2D eigenvalue weighted by molar-refractivity contribution is 0.262. The van der Waals surface area contributed by atoms with Crippen LogP contribution in [0.3, 0.4) is 0 Å². The number of hydrazine groups is 1. The Hall–Kier alpha value is -1.13. The molecule has 1 aromatic carbocycles. The summed E-state index contributed by atoms with van der Waals surface area (Å²) >= 11 is 0. The minimum absolute atomic E-state index is 0.165. The van der Waals surface area contributed by atoms with Crippen LogP contribution in [0.15, 0.2) is 18.2 Å². The first kappa shape index (κ1) is 13.3. The molecular weight excluding hydrogens is 231 g/mol. The standard InChI is InChI=1S/C14H21FN2O/c1-18-12-9-5-8-11(15)13(12)14(17-16)10-6-3-2-4-7-10/h5,8-10,14,17H,2-4,6-7,16H2,1H3. The highest BCUT2D eigenvalue weighted by Crippen LogP contribution is 2.38. The van der Waals surface area contributed by atoms with Gasteiger partial charge in [0.15, 0.2) is 0 Å². The average molecular weight is 252 g/mol. The van der Waals surface area contributed by atoms with Crippen LogP contribution in [0.5, 0.6) is 5.75 Å². The Kier molecular flexibility index (Phi) is 4.55. The van der Waals surface area contributed by atoms with Crippen molar-refractivity contribution in [3.8, 4) is 5.75 Å². The van der Waals surface area contributed by atoms with Crippen LogP contribution in [0, 0.1) is 11.7 Å². The molecule has 3 nitrogen and oxygen atoms in total. The predicted octanol–water partition coefficient (Wildman–Crippen LogP) is 2.92. The van der Waals surface area contributed by atoms with Gasteiger partial charge in [-0.2, -0.15) is 0 Å². The SMILES string of the molecule is COc1cccc(F)c1C(NN)C1CCCCC1. The van der Waals surface area contributed by atoms with E-state index in [1.165, 1.54) is 25.3 Å². The lowest BCUT2D eigenvalue weighted by Gasteiger charge is -2.31. The summed E-state index contributed by atoms with van der Waals surface area (Å²) in [6.07, 6.45) is 5.83. The summed E-state index contributed by atoms with van der Waals surface area (Å²) in [6.45, 7) is 0. The minimum Gasteiger partial charge on any atom is -0.496 e. The van der Waals surface area contributed by atoms with Crippen LogP contribution < -0.4 is 16.0 Å². The zero-order valence-electron chi connectivity index (χ0n) is 10.8. The first-order valence-corrected chi connectivity index (χ1v) is 6.56. The number of rotatable bonds is 4. The molecule has 0 saturated heterocycles. The molecule has 1 aliphatic rings. The second kappa shape index (κ2) is 6.16. The van der Waals surface area contributed by atoms with E-state index in [-0.39, 0.29) is 11.9 Å². The molecule has 3 N–H and O–H groups in total. The summed E-state index contributed by atoms with van der Waals surface area (Å²) in [6, 6.07) is 4.74. The summed E-state index contributed by atoms with van der Waals surface area (Å²) in [5.74, 6) is 6.37. The number of ether oxygens (including phenoxy) is 1. The van der Waals surface area contributed by atoms with Crippen LogP contribution in [-0.2, 0) is 0 Å². The summed E-state index contributed by atoms with van der Waals surface area (Å²) in [5.41, 5.74) is 3.35. The normalized spacial score (nSPS) is 18.6. The first-order chi connectivity index (χ1) is 8.77. The number of nitrogens with two attached hydrogens (primary N) is 1. The summed E-state index contributed by atoms with van der Waals surface area (Å²) in [5, 5.41) is 0. The van der Waals surface area contributed by atoms with Crippen molar-refractivity contribution in [3.63, 3.8) is 0 Å². The Morgan fingerprint density at radius 1 is 1.33 bits per heavy atom. The molecule has 100 valence electrons. The molecule has 0 radical (unpaired) electrons. The van der Waals surface area contributed by atoms with Crippen LogP contribution >= 0.6 is 0 Å². The van der Waals surface area contributed by atoms with E-state index in [1.807, 2.05) is 0 Å². The monoisotopic (exact) mass is 252 g/mol. The van der Waals surface area contributed by atoms with Crippen molar-refractivity contribution in [2.24, 2.45) is 11.8 Å². The average Bonchev–Trinajstić information content (AvgIpc) is 2.42. The number of nitrogens with one attached hydrogen (secondary N) is 1. The van der Waals surface area contributed by atoms with Gasteiger partial charge in [0.2, 0.25) is 0 Å². The number of methoxy groups -OCH3 is 1. The van der Waals surface area contributed by atoms with E-state index in [9.17, 15) is 4.39 Å². The van der Waals surface area contributed by atoms with Gasteiger partial charge < -0.3 is 4.74 Å². The zero-order valence-corrected chi connectivity index (χ0v) is 10.8. The van der Waals surface area contributed by atoms with Crippen molar-refractivity contribution >= 4 is 0 Å². The topological polar surface area (TPSA) is 47.3 Å². The van der Waals surface area contributed by atoms with Crippen molar-refractivity contribution in [2.45, 2.75) is 38.1 Å². The highest BCUT2D eigenvalue weighted by atomic mass is 19.1. The number of benzene rings is 1. The summed E-state index contributed by atoms with van der Waals surface area (Å²) < 4.78 is 19.3. The van der Waals surface area contributed by atoms with Crippen molar-refractivity contribution in [1.82, 2.24) is 5.43 Å². The molecule has 0 aromatic heterocycles. The molecular formula is C14H21FN2O. The molecule has 1 fully saturated rings. The van der Waals surface area contributed by atoms with Gasteiger partial charge in [-0.3, -0.25) is 11.3 Å². The zero-order chi connectivity index (χ0) is 13.0. The predicted molar refractivity (Wildman–Crippen MR) is 69.6 cm³/mol. The smallest absolute Gasteiger partial charge is 0.131 e. The molecule has 0 aliphatic heterocycles. The molecule has 4 heteroatoms. The second-order valence-electron chi connectivity index (χ2n) is 4.90. The number of hydrogen-bond acceptors (Lipinski definition) is 3. The van der Waals surface area contributed by atoms with Gasteiger partial charge in [-0.05, 0) is 30.9 Å². The minimum atomic E-state index is -0.247. The van der Waals surface area contributed by atoms with E-state index in [0.717, 1.165) is 12.8 Å². The van der Waals surface area contributed by atoms with Gasteiger partial charge in [0.25, 0.3) is 0 Å². The van der Waals surface area contributed by atoms with E-state index in [0.29, 0.717) is 17.2 Å². The van der Waals surface area contributed by atoms with Crippen molar-refractivity contribution in [2.75, 3.05) is 7.11 Å². The largest absolute Gasteiger partial charge is 0.496 e. The van der Waals surface area contributed by atoms with Crippen LogP contribution in [0.4, 0.5) is 4.39 Å². The van der Waals surface area contributed by atoms with Crippen LogP contribution in [-0.4, -0.2) is 7.11 Å². The number of halogens is 1. The molecule has 0 bridgehead atoms. The lowest BCUT2D eigenvalue weighted by Crippen LogP contribution is -2.35. The summed E-state index contributed by atoms with van der Waals surface area (Å²) in [4.78, 5) is 0. The van der Waals surface area contributed by atoms with E-state index < -0.39 is 0 Å². The van der Waals surface area contributed by atoms with Crippen LogP contribution in [0.2, 0.25) is 0 Å². The van der Waals surface area contributed by atoms with Gasteiger partial charge in [-0.1, -0.05) is 25.3 Å². The van der Waals surface area contributed by atoms with E-state index in [4.69, 9.17) is 10.6 Å². The molecule has 1 aliphatic carbocycles. The molecule has 1 unspecified atom stereocenters. The van der Waals surface area contributed by atoms with Gasteiger partial charge in [-0.15, -0.1) is 0 Å². The van der Waals surface area contributed by atoms with Crippen LogP contribution in [0.1, 0.15) is 43.7 Å². The maximum absolute atomic E-state index is 14.1. The molecule has 1 aromatic rings. The Morgan fingerprint density at radius 2 is 2.06 bits per heavy atom. The van der Waals surface area contributed by atoms with Gasteiger partial charge in [0.1, 0.15) is 11.6 Å². The van der Waals surface area contributed by atoms with Crippen molar-refractivity contribution in [3.05, 3.63) is 29.6 Å². The van der Waals surface area contributed by atoms with Gasteiger partial charge >= 0.3 is 0 Å². The molecule has 1 saturated carbocycles. The van der Waals surface area contributed by atoms with Gasteiger partial charge in [-0.25, -0.2) is 4.39 Å². The van der Waals surface area contributed by atoms with Crippen molar-refractivity contribution < 1.29 is 9.13 Å². The Bertz CT molecular complexity index is 391. The van der Waals surface area contributed by atoms with Crippen molar-refractivity contribution in [1.29, 1.82) is 0 Å². The fourth-order valence-electron chi connectivity index (χ4n) is 2.92. The van der Waals surface area contributed by atoms with E-state index >= 15 is 0 Å². The lowest BCUT2D eigenvalue weighted by atomic mass is 9.81. The highest BCUT2D eigenvalue weighted by Gasteiger charge is 2.28. The third-order valence-corrected chi connectivity index (χ3v) is 3.84. The van der Waals surface area contributed by atoms with Gasteiger partial charge in [0, 0.05) is 5.56 Å². The maximum Gasteiger partial charge on any atom is 0.131 e. The van der Waals surface area contributed by atoms with Crippen LogP contribution in [0.25, 0.3) is 0 Å². The Labute approximate surface area is 107 Å². The summed E-state index contributed by atoms with van der Waals surface area (Å²) in [7, 11) is 1.56. The molecule has 0 heterocycles. The molecule has 0 amide bonds. The maximum atomic E-state index is 14.1. The molecule has 0 spiro atoms. The third kappa shape index (κ3) is 2.65. The Balaban J connectivity index is 2.31. The molecule has 2 rings (SSSR count). The molecule has 18 heavy (non-hydrogen) atoms. The second-order valence-corrected chi connectivity index (χ2v) is 4.90. The van der Waals surface area contributed by atoms with E-state index in [2.05, 4.69) is 5.43 Å². The number of hydrogen-bond donors (Lipinski definition) is 2. The first-order valence-electron chi connectivity index (χ1n) is 6.56. The van der Waals surface area contributed by atoms with Gasteiger partial charge in [0.05, 0.1) is 13.2 Å². The fraction of sp³-hybridized carbons (Fsp3) is 0.571. The fourth-order valence-corrected chi connectivity index (χ4v) is 2.92. The quantitative estimate of drug-likeness (QED) is 0.640. The van der Waals surface area contributed by atoms with E-state index in [1.54, 1.807) is 19.2 Å². The molecule has 1 atom stereocenters. The Morgan fingerprint density at radius 3 is 2.67 bits per heavy atom. The third-order valence-electron chi connectivity index (χ3n) is 3.84.